The molecule has 5 nitrogen and oxygen atoms in total. The first-order valence-electron chi connectivity index (χ1n) is 3.36. The highest BCUT2D eigenvalue weighted by Gasteiger charge is 2.11. The summed E-state index contributed by atoms with van der Waals surface area (Å²) >= 11 is -2.15. The van der Waals surface area contributed by atoms with Crippen molar-refractivity contribution in [3.8, 4) is 6.07 Å². The van der Waals surface area contributed by atoms with Crippen LogP contribution in [0.2, 0.25) is 0 Å². The lowest BCUT2D eigenvalue weighted by atomic mass is 10.3. The van der Waals surface area contributed by atoms with Crippen molar-refractivity contribution in [3.63, 3.8) is 0 Å². The molecule has 0 spiro atoms. The van der Waals surface area contributed by atoms with Crippen LogP contribution in [0, 0.1) is 11.3 Å². The Morgan fingerprint density at radius 1 is 1.77 bits per heavy atom. The van der Waals surface area contributed by atoms with Crippen LogP contribution in [-0.2, 0) is 11.3 Å². The van der Waals surface area contributed by atoms with E-state index in [1.165, 1.54) is 19.3 Å². The van der Waals surface area contributed by atoms with Crippen LogP contribution in [0.25, 0.3) is 0 Å². The molecule has 0 saturated carbocycles. The van der Waals surface area contributed by atoms with Gasteiger partial charge in [0.25, 0.3) is 11.3 Å². The van der Waals surface area contributed by atoms with Crippen LogP contribution in [0.4, 0.5) is 5.82 Å². The number of rotatable bonds is 2. The van der Waals surface area contributed by atoms with Gasteiger partial charge in [-0.2, -0.15) is 5.26 Å². The third-order valence-electron chi connectivity index (χ3n) is 1.44. The van der Waals surface area contributed by atoms with E-state index < -0.39 is 11.3 Å². The van der Waals surface area contributed by atoms with Crippen molar-refractivity contribution in [3.05, 3.63) is 23.9 Å². The first-order valence-corrected chi connectivity index (χ1v) is 4.43. The van der Waals surface area contributed by atoms with Crippen LogP contribution in [0.1, 0.15) is 5.56 Å². The fraction of sp³-hybridized carbons (Fsp3) is 0.143. The maximum Gasteiger partial charge on any atom is 0.262 e. The van der Waals surface area contributed by atoms with E-state index >= 15 is 0 Å². The molecular formula is C7H7N3O2S. The maximum atomic E-state index is 10.7. The molecule has 0 fully saturated rings. The van der Waals surface area contributed by atoms with Gasteiger partial charge in [0.05, 0.1) is 5.56 Å². The van der Waals surface area contributed by atoms with Crippen molar-refractivity contribution >= 4 is 17.1 Å². The molecule has 0 saturated heterocycles. The number of nitriles is 1. The first-order chi connectivity index (χ1) is 6.16. The average molecular weight is 197 g/mol. The summed E-state index contributed by atoms with van der Waals surface area (Å²) in [5.74, 6) is 0.200. The van der Waals surface area contributed by atoms with Gasteiger partial charge in [-0.25, -0.2) is 9.19 Å². The number of pyridine rings is 1. The fourth-order valence-electron chi connectivity index (χ4n) is 0.809. The summed E-state index contributed by atoms with van der Waals surface area (Å²) in [6.45, 7) is 0. The Kier molecular flexibility index (Phi) is 2.95. The van der Waals surface area contributed by atoms with Crippen molar-refractivity contribution in [2.45, 2.75) is 0 Å². The summed E-state index contributed by atoms with van der Waals surface area (Å²) in [4.78, 5) is 3.82. The molecule has 1 N–H and O–H groups in total. The number of hydrogen-bond donors (Lipinski definition) is 1. The molecule has 0 bridgehead atoms. The van der Waals surface area contributed by atoms with Crippen molar-refractivity contribution in [1.82, 2.24) is 4.98 Å². The third kappa shape index (κ3) is 2.02. The molecule has 1 aromatic heterocycles. The predicted octanol–water partition coefficient (Wildman–Crippen LogP) is 0.526. The van der Waals surface area contributed by atoms with E-state index in [4.69, 9.17) is 9.81 Å². The van der Waals surface area contributed by atoms with Gasteiger partial charge in [0, 0.05) is 13.2 Å². The molecule has 0 aliphatic rings. The van der Waals surface area contributed by atoms with Crippen molar-refractivity contribution in [2.24, 2.45) is 0 Å². The molecule has 1 rings (SSSR count). The smallest absolute Gasteiger partial charge is 0.262 e. The summed E-state index contributed by atoms with van der Waals surface area (Å²) in [5, 5.41) is 8.65. The van der Waals surface area contributed by atoms with E-state index in [-0.39, 0.29) is 11.4 Å². The van der Waals surface area contributed by atoms with E-state index in [1.54, 1.807) is 6.07 Å². The predicted molar refractivity (Wildman–Crippen MR) is 48.1 cm³/mol. The quantitative estimate of drug-likeness (QED) is 0.701. The minimum absolute atomic E-state index is 0.200. The Morgan fingerprint density at radius 2 is 2.46 bits per heavy atom. The minimum Gasteiger partial charge on any atom is -0.289 e. The molecule has 0 aliphatic heterocycles. The topological polar surface area (TPSA) is 77.2 Å². The summed E-state index contributed by atoms with van der Waals surface area (Å²) in [7, 11) is 1.39. The molecule has 0 aliphatic carbocycles. The molecule has 1 heterocycles. The van der Waals surface area contributed by atoms with Gasteiger partial charge in [-0.15, -0.1) is 0 Å². The molecule has 0 radical (unpaired) electrons. The minimum atomic E-state index is -2.15. The zero-order valence-electron chi connectivity index (χ0n) is 6.84. The second kappa shape index (κ2) is 3.98. The fourth-order valence-corrected chi connectivity index (χ4v) is 1.10. The lowest BCUT2D eigenvalue weighted by Gasteiger charge is -2.12. The number of aromatic nitrogens is 1. The molecule has 68 valence electrons. The molecule has 0 amide bonds. The molecule has 6 heteroatoms. The largest absolute Gasteiger partial charge is 0.289 e. The number of nitrogens with zero attached hydrogens (tertiary/aromatic N) is 3. The Morgan fingerprint density at radius 3 is 3.00 bits per heavy atom. The summed E-state index contributed by atoms with van der Waals surface area (Å²) < 4.78 is 20.4. The van der Waals surface area contributed by atoms with Gasteiger partial charge in [-0.05, 0) is 12.1 Å². The zero-order valence-corrected chi connectivity index (χ0v) is 7.65. The molecule has 0 aromatic carbocycles. The maximum absolute atomic E-state index is 10.7. The second-order valence-electron chi connectivity index (χ2n) is 2.21. The van der Waals surface area contributed by atoms with Crippen LogP contribution in [0.15, 0.2) is 18.3 Å². The second-order valence-corrected chi connectivity index (χ2v) is 3.22. The zero-order chi connectivity index (χ0) is 9.84. The van der Waals surface area contributed by atoms with Crippen LogP contribution in [0.5, 0.6) is 0 Å². The van der Waals surface area contributed by atoms with Crippen molar-refractivity contribution in [1.29, 1.82) is 5.26 Å². The Balaban J connectivity index is 3.15. The summed E-state index contributed by atoms with van der Waals surface area (Å²) in [6.07, 6.45) is 1.46. The number of hydrogen-bond acceptors (Lipinski definition) is 3. The van der Waals surface area contributed by atoms with Gasteiger partial charge in [0.15, 0.2) is 5.82 Å². The summed E-state index contributed by atoms with van der Waals surface area (Å²) in [5.41, 5.74) is 0.271. The molecule has 1 aromatic rings. The van der Waals surface area contributed by atoms with Crippen LogP contribution in [0.3, 0.4) is 0 Å². The Bertz CT molecular complexity index is 374. The van der Waals surface area contributed by atoms with E-state index in [9.17, 15) is 4.21 Å². The van der Waals surface area contributed by atoms with E-state index in [0.29, 0.717) is 0 Å². The summed E-state index contributed by atoms with van der Waals surface area (Å²) in [6, 6.07) is 5.01. The van der Waals surface area contributed by atoms with Crippen molar-refractivity contribution < 1.29 is 8.76 Å². The van der Waals surface area contributed by atoms with Gasteiger partial charge in [0.2, 0.25) is 0 Å². The van der Waals surface area contributed by atoms with Crippen LogP contribution >= 0.6 is 0 Å². The SMILES string of the molecule is CN(c1ncccc1C#N)S(=O)O. The van der Waals surface area contributed by atoms with Gasteiger partial charge in [0.1, 0.15) is 6.07 Å². The van der Waals surface area contributed by atoms with Crippen LogP contribution in [-0.4, -0.2) is 20.8 Å². The first kappa shape index (κ1) is 9.64. The lowest BCUT2D eigenvalue weighted by molar-refractivity contribution is 0.562. The van der Waals surface area contributed by atoms with Gasteiger partial charge in [-0.3, -0.25) is 8.86 Å². The molecule has 1 atom stereocenters. The van der Waals surface area contributed by atoms with E-state index in [2.05, 4.69) is 4.98 Å². The molecule has 13 heavy (non-hydrogen) atoms. The third-order valence-corrected chi connectivity index (χ3v) is 2.08. The normalized spacial score (nSPS) is 11.8. The number of anilines is 1. The van der Waals surface area contributed by atoms with Gasteiger partial charge < -0.3 is 0 Å². The highest BCUT2D eigenvalue weighted by molar-refractivity contribution is 7.80. The lowest BCUT2D eigenvalue weighted by Crippen LogP contribution is -2.21. The van der Waals surface area contributed by atoms with E-state index in [1.807, 2.05) is 6.07 Å². The standard InChI is InChI=1S/C7H7N3O2S/c1-10(13(11)12)7-6(5-8)3-2-4-9-7/h2-4H,1H3,(H,11,12). The molecule has 1 unspecified atom stereocenters. The Labute approximate surface area is 78.0 Å². The van der Waals surface area contributed by atoms with Crippen molar-refractivity contribution in [2.75, 3.05) is 11.4 Å². The highest BCUT2D eigenvalue weighted by atomic mass is 32.2. The van der Waals surface area contributed by atoms with Crippen LogP contribution < -0.4 is 4.31 Å². The molecular weight excluding hydrogens is 190 g/mol. The van der Waals surface area contributed by atoms with Gasteiger partial charge >= 0.3 is 0 Å². The highest BCUT2D eigenvalue weighted by Crippen LogP contribution is 2.14. The van der Waals surface area contributed by atoms with Gasteiger partial charge in [-0.1, -0.05) is 0 Å². The average Bonchev–Trinajstić information content (AvgIpc) is 2.16. The Hall–Kier alpha value is -1.45. The van der Waals surface area contributed by atoms with E-state index in [0.717, 1.165) is 4.31 Å². The monoisotopic (exact) mass is 197 g/mol.